The van der Waals surface area contributed by atoms with E-state index in [1.165, 1.54) is 13.2 Å². The minimum atomic E-state index is -0.217. The Hall–Kier alpha value is -2.24. The number of amides is 1. The van der Waals surface area contributed by atoms with E-state index in [2.05, 4.69) is 5.16 Å². The number of hydrogen-bond donors (Lipinski definition) is 2. The summed E-state index contributed by atoms with van der Waals surface area (Å²) in [5, 5.41) is 22.2. The second-order valence-corrected chi connectivity index (χ2v) is 5.08. The quantitative estimate of drug-likeness (QED) is 0.660. The zero-order chi connectivity index (χ0) is 15.4. The Morgan fingerprint density at radius 3 is 2.86 bits per heavy atom. The largest absolute Gasteiger partial charge is 0.507 e. The molecular weight excluding hydrogens is 272 g/mol. The van der Waals surface area contributed by atoms with Crippen molar-refractivity contribution in [2.75, 3.05) is 20.2 Å². The van der Waals surface area contributed by atoms with E-state index in [0.717, 1.165) is 12.1 Å². The van der Waals surface area contributed by atoms with E-state index in [4.69, 9.17) is 9.94 Å². The molecule has 21 heavy (non-hydrogen) atoms. The molecular formula is C15H20N2O4. The summed E-state index contributed by atoms with van der Waals surface area (Å²) in [4.78, 5) is 14.2. The van der Waals surface area contributed by atoms with Gasteiger partial charge < -0.3 is 20.0 Å². The summed E-state index contributed by atoms with van der Waals surface area (Å²) in [6.07, 6.45) is 1.36. The second kappa shape index (κ2) is 6.47. The molecule has 1 saturated heterocycles. The molecule has 0 spiro atoms. The fourth-order valence-electron chi connectivity index (χ4n) is 2.59. The molecule has 0 saturated carbocycles. The highest BCUT2D eigenvalue weighted by atomic mass is 16.5. The number of nitrogens with zero attached hydrogens (tertiary/aromatic N) is 2. The van der Waals surface area contributed by atoms with Crippen LogP contribution in [0.1, 0.15) is 30.1 Å². The van der Waals surface area contributed by atoms with E-state index in [0.29, 0.717) is 25.3 Å². The Kier molecular flexibility index (Phi) is 4.67. The second-order valence-electron chi connectivity index (χ2n) is 5.08. The summed E-state index contributed by atoms with van der Waals surface area (Å²) < 4.78 is 5.01. The number of likely N-dealkylation sites (tertiary alicyclic amines) is 1. The van der Waals surface area contributed by atoms with E-state index in [1.807, 2.05) is 6.92 Å². The van der Waals surface area contributed by atoms with Crippen LogP contribution >= 0.6 is 0 Å². The van der Waals surface area contributed by atoms with Gasteiger partial charge in [0, 0.05) is 31.5 Å². The molecule has 1 aliphatic rings. The number of hydrogen-bond acceptors (Lipinski definition) is 5. The number of aromatic hydroxyl groups is 1. The van der Waals surface area contributed by atoms with E-state index >= 15 is 0 Å². The molecule has 1 fully saturated rings. The third-order valence-electron chi connectivity index (χ3n) is 3.89. The van der Waals surface area contributed by atoms with Crippen molar-refractivity contribution in [1.29, 1.82) is 0 Å². The van der Waals surface area contributed by atoms with Gasteiger partial charge in [0.15, 0.2) is 0 Å². The zero-order valence-corrected chi connectivity index (χ0v) is 12.2. The van der Waals surface area contributed by atoms with Gasteiger partial charge in [-0.25, -0.2) is 0 Å². The number of carbonyl (C=O) groups excluding carboxylic acids is 1. The third-order valence-corrected chi connectivity index (χ3v) is 3.89. The zero-order valence-electron chi connectivity index (χ0n) is 12.2. The van der Waals surface area contributed by atoms with Gasteiger partial charge in [0.25, 0.3) is 5.91 Å². The summed E-state index contributed by atoms with van der Waals surface area (Å²) >= 11 is 0. The molecule has 0 aromatic heterocycles. The maximum atomic E-state index is 12.5. The lowest BCUT2D eigenvalue weighted by Crippen LogP contribution is -2.44. The Labute approximate surface area is 123 Å². The number of phenolic OH excluding ortho intramolecular Hbond substituents is 1. The highest BCUT2D eigenvalue weighted by Gasteiger charge is 2.29. The van der Waals surface area contributed by atoms with Crippen LogP contribution < -0.4 is 4.74 Å². The molecule has 0 radical (unpaired) electrons. The molecule has 6 heteroatoms. The molecule has 1 atom stereocenters. The maximum absolute atomic E-state index is 12.5. The maximum Gasteiger partial charge on any atom is 0.257 e. The summed E-state index contributed by atoms with van der Waals surface area (Å²) in [5.74, 6) is 0.261. The molecule has 114 valence electrons. The summed E-state index contributed by atoms with van der Waals surface area (Å²) in [6, 6.07) is 4.64. The Balaban J connectivity index is 2.17. The molecule has 1 aromatic rings. The standard InChI is InChI=1S/C15H20N2O4/c1-3-10-9-17(7-6-13(10)16-20)15(19)12-5-4-11(21-2)8-14(12)18/h4-5,8,10,18,20H,3,6-7,9H2,1-2H3/b16-13+. The molecule has 0 bridgehead atoms. The topological polar surface area (TPSA) is 82.4 Å². The van der Waals surface area contributed by atoms with Gasteiger partial charge >= 0.3 is 0 Å². The van der Waals surface area contributed by atoms with Crippen LogP contribution in [-0.4, -0.2) is 47.0 Å². The van der Waals surface area contributed by atoms with E-state index in [-0.39, 0.29) is 23.1 Å². The summed E-state index contributed by atoms with van der Waals surface area (Å²) in [5.41, 5.74) is 0.996. The number of piperidine rings is 1. The van der Waals surface area contributed by atoms with Gasteiger partial charge in [-0.2, -0.15) is 0 Å². The monoisotopic (exact) mass is 292 g/mol. The van der Waals surface area contributed by atoms with Crippen molar-refractivity contribution in [3.05, 3.63) is 23.8 Å². The first-order chi connectivity index (χ1) is 10.1. The van der Waals surface area contributed by atoms with E-state index in [9.17, 15) is 9.90 Å². The Bertz CT molecular complexity index is 557. The van der Waals surface area contributed by atoms with Crippen molar-refractivity contribution in [2.24, 2.45) is 11.1 Å². The number of oxime groups is 1. The molecule has 1 unspecified atom stereocenters. The van der Waals surface area contributed by atoms with E-state index < -0.39 is 0 Å². The van der Waals surface area contributed by atoms with Gasteiger partial charge in [-0.15, -0.1) is 0 Å². The molecule has 1 aliphatic heterocycles. The first-order valence-electron chi connectivity index (χ1n) is 6.97. The van der Waals surface area contributed by atoms with Crippen molar-refractivity contribution in [3.63, 3.8) is 0 Å². The highest BCUT2D eigenvalue weighted by Crippen LogP contribution is 2.26. The van der Waals surface area contributed by atoms with Crippen LogP contribution in [0.3, 0.4) is 0 Å². The number of carbonyl (C=O) groups is 1. The minimum Gasteiger partial charge on any atom is -0.507 e. The van der Waals surface area contributed by atoms with Crippen LogP contribution in [0.25, 0.3) is 0 Å². The van der Waals surface area contributed by atoms with Crippen LogP contribution in [0.5, 0.6) is 11.5 Å². The molecule has 6 nitrogen and oxygen atoms in total. The van der Waals surface area contributed by atoms with Gasteiger partial charge in [-0.1, -0.05) is 12.1 Å². The van der Waals surface area contributed by atoms with Gasteiger partial charge in [-0.3, -0.25) is 4.79 Å². The molecule has 1 aromatic carbocycles. The average Bonchev–Trinajstić information content (AvgIpc) is 2.53. The SMILES string of the molecule is CCC1CN(C(=O)c2ccc(OC)cc2O)CC/C1=N\O. The van der Waals surface area contributed by atoms with E-state index in [1.54, 1.807) is 17.0 Å². The first-order valence-corrected chi connectivity index (χ1v) is 6.97. The van der Waals surface area contributed by atoms with Gasteiger partial charge in [-0.05, 0) is 18.6 Å². The molecule has 2 rings (SSSR count). The van der Waals surface area contributed by atoms with Crippen LogP contribution in [0.15, 0.2) is 23.4 Å². The molecule has 1 heterocycles. The van der Waals surface area contributed by atoms with Crippen molar-refractivity contribution in [1.82, 2.24) is 4.90 Å². The lowest BCUT2D eigenvalue weighted by Gasteiger charge is -2.33. The first kappa shape index (κ1) is 15.2. The Morgan fingerprint density at radius 2 is 2.29 bits per heavy atom. The normalized spacial score (nSPS) is 20.6. The predicted octanol–water partition coefficient (Wildman–Crippen LogP) is 2.10. The average molecular weight is 292 g/mol. The molecule has 0 aliphatic carbocycles. The minimum absolute atomic E-state index is 0.0630. The molecule has 1 amide bonds. The van der Waals surface area contributed by atoms with Crippen LogP contribution in [-0.2, 0) is 0 Å². The molecule has 2 N–H and O–H groups in total. The number of benzene rings is 1. The smallest absolute Gasteiger partial charge is 0.257 e. The van der Waals surface area contributed by atoms with Crippen molar-refractivity contribution < 1.29 is 19.8 Å². The van der Waals surface area contributed by atoms with Gasteiger partial charge in [0.05, 0.1) is 18.4 Å². The number of rotatable bonds is 3. The number of ether oxygens (including phenoxy) is 1. The van der Waals surface area contributed by atoms with Crippen molar-refractivity contribution >= 4 is 11.6 Å². The van der Waals surface area contributed by atoms with Crippen molar-refractivity contribution in [2.45, 2.75) is 19.8 Å². The van der Waals surface area contributed by atoms with Crippen LogP contribution in [0.2, 0.25) is 0 Å². The van der Waals surface area contributed by atoms with Gasteiger partial charge in [0.2, 0.25) is 0 Å². The Morgan fingerprint density at radius 1 is 1.52 bits per heavy atom. The lowest BCUT2D eigenvalue weighted by molar-refractivity contribution is 0.0726. The summed E-state index contributed by atoms with van der Waals surface area (Å²) in [6.45, 7) is 2.98. The van der Waals surface area contributed by atoms with Crippen molar-refractivity contribution in [3.8, 4) is 11.5 Å². The van der Waals surface area contributed by atoms with Gasteiger partial charge in [0.1, 0.15) is 11.5 Å². The number of methoxy groups -OCH3 is 1. The third kappa shape index (κ3) is 3.09. The highest BCUT2D eigenvalue weighted by molar-refractivity contribution is 5.98. The fraction of sp³-hybridized carbons (Fsp3) is 0.467. The lowest BCUT2D eigenvalue weighted by atomic mass is 9.93. The summed E-state index contributed by atoms with van der Waals surface area (Å²) in [7, 11) is 1.50. The predicted molar refractivity (Wildman–Crippen MR) is 78.2 cm³/mol. The van der Waals surface area contributed by atoms with Crippen LogP contribution in [0, 0.1) is 5.92 Å². The van der Waals surface area contributed by atoms with Crippen LogP contribution in [0.4, 0.5) is 0 Å². The fourth-order valence-corrected chi connectivity index (χ4v) is 2.59. The number of phenols is 1.